The number of likely N-dealkylation sites (tertiary alicyclic amines) is 1. The van der Waals surface area contributed by atoms with Crippen LogP contribution < -0.4 is 5.73 Å². The third-order valence-corrected chi connectivity index (χ3v) is 3.67. The Bertz CT molecular complexity index is 434. The van der Waals surface area contributed by atoms with Crippen LogP contribution in [0.4, 0.5) is 0 Å². The van der Waals surface area contributed by atoms with Crippen molar-refractivity contribution in [3.8, 4) is 5.75 Å². The largest absolute Gasteiger partial charge is 0.508 e. The third-order valence-electron chi connectivity index (χ3n) is 3.67. The Morgan fingerprint density at radius 1 is 1.50 bits per heavy atom. The summed E-state index contributed by atoms with van der Waals surface area (Å²) in [5, 5.41) is 9.43. The van der Waals surface area contributed by atoms with Crippen molar-refractivity contribution in [2.45, 2.75) is 25.8 Å². The predicted molar refractivity (Wildman–Crippen MR) is 70.4 cm³/mol. The molecule has 2 rings (SSSR count). The molecule has 3 N–H and O–H groups in total. The highest BCUT2D eigenvalue weighted by Crippen LogP contribution is 2.23. The van der Waals surface area contributed by atoms with Crippen LogP contribution >= 0.6 is 0 Å². The number of benzene rings is 1. The number of hydrogen-bond acceptors (Lipinski definition) is 3. The predicted octanol–water partition coefficient (Wildman–Crippen LogP) is 1.59. The number of phenolic OH excluding ortho intramolecular Hbond substituents is 1. The average molecular weight is 248 g/mol. The van der Waals surface area contributed by atoms with Crippen LogP contribution in [-0.2, 0) is 0 Å². The first-order valence-corrected chi connectivity index (χ1v) is 6.42. The Morgan fingerprint density at radius 3 is 2.94 bits per heavy atom. The molecule has 0 saturated carbocycles. The van der Waals surface area contributed by atoms with E-state index in [4.69, 9.17) is 5.73 Å². The molecular formula is C14H20N2O2. The average Bonchev–Trinajstić information content (AvgIpc) is 2.38. The minimum Gasteiger partial charge on any atom is -0.508 e. The van der Waals surface area contributed by atoms with Crippen molar-refractivity contribution in [1.29, 1.82) is 0 Å². The number of rotatable bonds is 2. The van der Waals surface area contributed by atoms with E-state index in [1.165, 1.54) is 6.07 Å². The summed E-state index contributed by atoms with van der Waals surface area (Å²) in [6, 6.07) is 6.75. The van der Waals surface area contributed by atoms with Crippen LogP contribution in [0.1, 0.15) is 30.1 Å². The minimum atomic E-state index is -0.0171. The zero-order chi connectivity index (χ0) is 13.1. The zero-order valence-corrected chi connectivity index (χ0v) is 10.7. The second-order valence-corrected chi connectivity index (χ2v) is 5.04. The van der Waals surface area contributed by atoms with Crippen LogP contribution in [0.3, 0.4) is 0 Å². The van der Waals surface area contributed by atoms with Crippen LogP contribution in [0.25, 0.3) is 0 Å². The molecule has 0 aromatic heterocycles. The second kappa shape index (κ2) is 5.40. The number of nitrogens with two attached hydrogens (primary N) is 1. The van der Waals surface area contributed by atoms with Gasteiger partial charge in [0.2, 0.25) is 0 Å². The van der Waals surface area contributed by atoms with Gasteiger partial charge in [0.1, 0.15) is 5.75 Å². The van der Waals surface area contributed by atoms with E-state index < -0.39 is 0 Å². The van der Waals surface area contributed by atoms with Gasteiger partial charge in [-0.15, -0.1) is 0 Å². The molecule has 1 amide bonds. The lowest BCUT2D eigenvalue weighted by molar-refractivity contribution is 0.0566. The number of nitrogens with zero attached hydrogens (tertiary/aromatic N) is 1. The van der Waals surface area contributed by atoms with Crippen molar-refractivity contribution in [2.75, 3.05) is 13.1 Å². The third kappa shape index (κ3) is 2.64. The van der Waals surface area contributed by atoms with E-state index in [0.717, 1.165) is 12.8 Å². The normalized spacial score (nSPS) is 24.0. The molecule has 1 aromatic carbocycles. The highest BCUT2D eigenvalue weighted by Gasteiger charge is 2.28. The van der Waals surface area contributed by atoms with Gasteiger partial charge in [0, 0.05) is 18.2 Å². The fourth-order valence-electron chi connectivity index (χ4n) is 2.46. The van der Waals surface area contributed by atoms with E-state index in [0.29, 0.717) is 24.6 Å². The Balaban J connectivity index is 2.16. The molecule has 0 bridgehead atoms. The van der Waals surface area contributed by atoms with Crippen molar-refractivity contribution >= 4 is 5.91 Å². The molecule has 98 valence electrons. The van der Waals surface area contributed by atoms with Gasteiger partial charge in [-0.25, -0.2) is 0 Å². The summed E-state index contributed by atoms with van der Waals surface area (Å²) in [4.78, 5) is 14.3. The lowest BCUT2D eigenvalue weighted by Gasteiger charge is -2.37. The number of amides is 1. The number of hydrogen-bond donors (Lipinski definition) is 2. The molecule has 2 atom stereocenters. The summed E-state index contributed by atoms with van der Waals surface area (Å²) in [6.07, 6.45) is 2.08. The van der Waals surface area contributed by atoms with Crippen LogP contribution in [0.2, 0.25) is 0 Å². The zero-order valence-electron chi connectivity index (χ0n) is 10.7. The first kappa shape index (κ1) is 12.9. The summed E-state index contributed by atoms with van der Waals surface area (Å²) < 4.78 is 0. The molecule has 1 saturated heterocycles. The summed E-state index contributed by atoms with van der Waals surface area (Å²) in [5.74, 6) is 0.500. The van der Waals surface area contributed by atoms with Gasteiger partial charge in [0.05, 0.1) is 0 Å². The molecule has 0 radical (unpaired) electrons. The SMILES string of the molecule is CC1CCC(CN)CN1C(=O)c1cccc(O)c1. The van der Waals surface area contributed by atoms with Crippen molar-refractivity contribution in [3.63, 3.8) is 0 Å². The van der Waals surface area contributed by atoms with Crippen LogP contribution in [0.15, 0.2) is 24.3 Å². The Kier molecular flexibility index (Phi) is 3.87. The molecule has 0 aliphatic carbocycles. The molecule has 0 spiro atoms. The maximum Gasteiger partial charge on any atom is 0.254 e. The fourth-order valence-corrected chi connectivity index (χ4v) is 2.46. The van der Waals surface area contributed by atoms with Gasteiger partial charge in [0.15, 0.2) is 0 Å². The molecule has 4 heteroatoms. The number of carbonyl (C=O) groups excluding carboxylic acids is 1. The Labute approximate surface area is 107 Å². The summed E-state index contributed by atoms with van der Waals surface area (Å²) in [5.41, 5.74) is 6.24. The monoisotopic (exact) mass is 248 g/mol. The molecule has 1 heterocycles. The maximum absolute atomic E-state index is 12.4. The second-order valence-electron chi connectivity index (χ2n) is 5.04. The fraction of sp³-hybridized carbons (Fsp3) is 0.500. The van der Waals surface area contributed by atoms with E-state index in [1.807, 2.05) is 4.90 Å². The van der Waals surface area contributed by atoms with Gasteiger partial charge in [-0.05, 0) is 50.4 Å². The number of phenols is 1. The lowest BCUT2D eigenvalue weighted by atomic mass is 9.93. The molecule has 1 aliphatic rings. The van der Waals surface area contributed by atoms with Gasteiger partial charge in [0.25, 0.3) is 5.91 Å². The molecule has 1 aromatic rings. The van der Waals surface area contributed by atoms with Crippen LogP contribution in [0.5, 0.6) is 5.75 Å². The van der Waals surface area contributed by atoms with Gasteiger partial charge in [-0.2, -0.15) is 0 Å². The van der Waals surface area contributed by atoms with E-state index >= 15 is 0 Å². The molecular weight excluding hydrogens is 228 g/mol. The Morgan fingerprint density at radius 2 is 2.28 bits per heavy atom. The number of aromatic hydroxyl groups is 1. The van der Waals surface area contributed by atoms with E-state index in [9.17, 15) is 9.90 Å². The standard InChI is InChI=1S/C14H20N2O2/c1-10-5-6-11(8-15)9-16(10)14(18)12-3-2-4-13(17)7-12/h2-4,7,10-11,17H,5-6,8-9,15H2,1H3. The van der Waals surface area contributed by atoms with Gasteiger partial charge in [-0.3, -0.25) is 4.79 Å². The van der Waals surface area contributed by atoms with Crippen molar-refractivity contribution in [1.82, 2.24) is 4.90 Å². The maximum atomic E-state index is 12.4. The number of carbonyl (C=O) groups is 1. The van der Waals surface area contributed by atoms with Crippen molar-refractivity contribution in [3.05, 3.63) is 29.8 Å². The minimum absolute atomic E-state index is 0.0171. The molecule has 4 nitrogen and oxygen atoms in total. The summed E-state index contributed by atoms with van der Waals surface area (Å²) in [7, 11) is 0. The smallest absolute Gasteiger partial charge is 0.254 e. The summed E-state index contributed by atoms with van der Waals surface area (Å²) >= 11 is 0. The van der Waals surface area contributed by atoms with Gasteiger partial charge >= 0.3 is 0 Å². The van der Waals surface area contributed by atoms with Gasteiger partial charge < -0.3 is 15.7 Å². The first-order valence-electron chi connectivity index (χ1n) is 6.42. The van der Waals surface area contributed by atoms with Crippen LogP contribution in [-0.4, -0.2) is 35.0 Å². The topological polar surface area (TPSA) is 66.6 Å². The Hall–Kier alpha value is -1.55. The molecule has 2 unspecified atom stereocenters. The summed E-state index contributed by atoms with van der Waals surface area (Å²) in [6.45, 7) is 3.40. The van der Waals surface area contributed by atoms with Crippen molar-refractivity contribution in [2.24, 2.45) is 11.7 Å². The molecule has 1 aliphatic heterocycles. The highest BCUT2D eigenvalue weighted by molar-refractivity contribution is 5.94. The van der Waals surface area contributed by atoms with Gasteiger partial charge in [-0.1, -0.05) is 6.07 Å². The number of piperidine rings is 1. The van der Waals surface area contributed by atoms with E-state index in [1.54, 1.807) is 18.2 Å². The quantitative estimate of drug-likeness (QED) is 0.835. The van der Waals surface area contributed by atoms with E-state index in [2.05, 4.69) is 6.92 Å². The molecule has 18 heavy (non-hydrogen) atoms. The van der Waals surface area contributed by atoms with E-state index in [-0.39, 0.29) is 17.7 Å². The highest BCUT2D eigenvalue weighted by atomic mass is 16.3. The first-order chi connectivity index (χ1) is 8.61. The molecule has 1 fully saturated rings. The lowest BCUT2D eigenvalue weighted by Crippen LogP contribution is -2.47. The van der Waals surface area contributed by atoms with Crippen molar-refractivity contribution < 1.29 is 9.90 Å². The van der Waals surface area contributed by atoms with Crippen LogP contribution in [0, 0.1) is 5.92 Å².